The molecule has 1 N–H and O–H groups in total. The van der Waals surface area contributed by atoms with E-state index in [9.17, 15) is 0 Å². The molecule has 1 aromatic rings. The van der Waals surface area contributed by atoms with E-state index in [4.69, 9.17) is 11.6 Å². The molecule has 15 heavy (non-hydrogen) atoms. The van der Waals surface area contributed by atoms with Gasteiger partial charge in [-0.2, -0.15) is 0 Å². The zero-order valence-corrected chi connectivity index (χ0v) is 10.4. The third kappa shape index (κ3) is 3.59. The van der Waals surface area contributed by atoms with Crippen molar-refractivity contribution in [1.82, 2.24) is 5.32 Å². The quantitative estimate of drug-likeness (QED) is 0.779. The summed E-state index contributed by atoms with van der Waals surface area (Å²) in [5.74, 6) is 0.880. The molecule has 0 saturated heterocycles. The average Bonchev–Trinajstić information content (AvgIpc) is 2.69. The van der Waals surface area contributed by atoms with Crippen LogP contribution in [0.15, 0.2) is 29.3 Å². The fourth-order valence-corrected chi connectivity index (χ4v) is 2.45. The molecule has 0 aromatic heterocycles. The predicted octanol–water partition coefficient (Wildman–Crippen LogP) is -0.464. The molecule has 0 spiro atoms. The average molecular weight is 262 g/mol. The molecule has 0 fully saturated rings. The highest BCUT2D eigenvalue weighted by atomic mass is 35.5. The second-order valence-electron chi connectivity index (χ2n) is 2.99. The zero-order chi connectivity index (χ0) is 9.80. The largest absolute Gasteiger partial charge is 1.00 e. The standard InChI is InChI=1S/C10H11ClN2S.ClH/c11-9-4-2-1-3-8(9)7-14-10-12-5-6-13-10;/h1-4H,5-7H2,(H,12,13);1H/p-1. The van der Waals surface area contributed by atoms with Crippen LogP contribution in [0.2, 0.25) is 5.02 Å². The third-order valence-electron chi connectivity index (χ3n) is 1.97. The molecule has 0 saturated carbocycles. The Kier molecular flexibility index (Phi) is 5.29. The van der Waals surface area contributed by atoms with E-state index in [-0.39, 0.29) is 12.4 Å². The monoisotopic (exact) mass is 261 g/mol. The summed E-state index contributed by atoms with van der Waals surface area (Å²) >= 11 is 7.74. The molecule has 0 amide bonds. The topological polar surface area (TPSA) is 24.4 Å². The second-order valence-corrected chi connectivity index (χ2v) is 4.36. The summed E-state index contributed by atoms with van der Waals surface area (Å²) in [7, 11) is 0. The predicted molar refractivity (Wildman–Crippen MR) is 63.1 cm³/mol. The molecule has 1 aromatic carbocycles. The smallest absolute Gasteiger partial charge is 0.157 e. The van der Waals surface area contributed by atoms with Crippen LogP contribution in [-0.4, -0.2) is 18.3 Å². The number of amidine groups is 1. The highest BCUT2D eigenvalue weighted by molar-refractivity contribution is 8.13. The maximum absolute atomic E-state index is 6.04. The van der Waals surface area contributed by atoms with Crippen molar-refractivity contribution in [2.75, 3.05) is 13.1 Å². The summed E-state index contributed by atoms with van der Waals surface area (Å²) in [6, 6.07) is 7.92. The molecule has 1 aliphatic rings. The number of aliphatic imine (C=N–C) groups is 1. The fraction of sp³-hybridized carbons (Fsp3) is 0.300. The lowest BCUT2D eigenvalue weighted by Crippen LogP contribution is -3.00. The van der Waals surface area contributed by atoms with Gasteiger partial charge in [-0.1, -0.05) is 41.6 Å². The second kappa shape index (κ2) is 6.26. The van der Waals surface area contributed by atoms with Crippen LogP contribution in [0, 0.1) is 0 Å². The normalized spacial score (nSPS) is 14.1. The van der Waals surface area contributed by atoms with Gasteiger partial charge in [-0.3, -0.25) is 4.99 Å². The van der Waals surface area contributed by atoms with Crippen molar-refractivity contribution in [3.05, 3.63) is 34.9 Å². The van der Waals surface area contributed by atoms with E-state index in [0.717, 1.165) is 34.6 Å². The Labute approximate surface area is 105 Å². The van der Waals surface area contributed by atoms with Crippen molar-refractivity contribution in [1.29, 1.82) is 0 Å². The van der Waals surface area contributed by atoms with Crippen LogP contribution < -0.4 is 17.7 Å². The SMILES string of the molecule is Clc1ccccc1CSC1=NCCN1.[Cl-]. The van der Waals surface area contributed by atoms with Crippen molar-refractivity contribution in [2.45, 2.75) is 5.75 Å². The molecule has 0 atom stereocenters. The first-order chi connectivity index (χ1) is 6.86. The lowest BCUT2D eigenvalue weighted by Gasteiger charge is -2.03. The van der Waals surface area contributed by atoms with Crippen molar-refractivity contribution in [2.24, 2.45) is 4.99 Å². The number of nitrogens with zero attached hydrogens (tertiary/aromatic N) is 1. The van der Waals surface area contributed by atoms with Gasteiger partial charge >= 0.3 is 0 Å². The lowest BCUT2D eigenvalue weighted by atomic mass is 10.2. The van der Waals surface area contributed by atoms with Gasteiger partial charge in [0.25, 0.3) is 0 Å². The van der Waals surface area contributed by atoms with E-state index in [2.05, 4.69) is 10.3 Å². The number of halogens is 2. The Morgan fingerprint density at radius 2 is 2.20 bits per heavy atom. The Balaban J connectivity index is 0.00000112. The van der Waals surface area contributed by atoms with Gasteiger partial charge in [0.2, 0.25) is 0 Å². The fourth-order valence-electron chi connectivity index (χ4n) is 1.23. The number of rotatable bonds is 2. The maximum atomic E-state index is 6.04. The Morgan fingerprint density at radius 3 is 2.87 bits per heavy atom. The van der Waals surface area contributed by atoms with Gasteiger partial charge in [-0.05, 0) is 11.6 Å². The van der Waals surface area contributed by atoms with Gasteiger partial charge in [0, 0.05) is 17.3 Å². The van der Waals surface area contributed by atoms with Gasteiger partial charge < -0.3 is 17.7 Å². The number of thioether (sulfide) groups is 1. The molecule has 1 aliphatic heterocycles. The summed E-state index contributed by atoms with van der Waals surface area (Å²) in [5, 5.41) is 5.08. The van der Waals surface area contributed by atoms with Crippen LogP contribution in [0.25, 0.3) is 0 Å². The van der Waals surface area contributed by atoms with Crippen LogP contribution in [-0.2, 0) is 5.75 Å². The molecular formula is C10H11Cl2N2S-. The van der Waals surface area contributed by atoms with Gasteiger partial charge in [0.1, 0.15) is 0 Å². The van der Waals surface area contributed by atoms with E-state index < -0.39 is 0 Å². The minimum atomic E-state index is 0. The molecule has 82 valence electrons. The van der Waals surface area contributed by atoms with E-state index in [1.54, 1.807) is 11.8 Å². The van der Waals surface area contributed by atoms with Gasteiger partial charge in [-0.15, -0.1) is 0 Å². The summed E-state index contributed by atoms with van der Waals surface area (Å²) in [6.45, 7) is 1.86. The van der Waals surface area contributed by atoms with E-state index >= 15 is 0 Å². The van der Waals surface area contributed by atoms with E-state index in [1.807, 2.05) is 24.3 Å². The minimum Gasteiger partial charge on any atom is -1.00 e. The Bertz CT molecular complexity index is 355. The summed E-state index contributed by atoms with van der Waals surface area (Å²) in [4.78, 5) is 4.31. The van der Waals surface area contributed by atoms with Gasteiger partial charge in [0.15, 0.2) is 5.17 Å². The molecule has 2 rings (SSSR count). The Hall–Kier alpha value is -0.380. The number of hydrogen-bond donors (Lipinski definition) is 1. The van der Waals surface area contributed by atoms with Crippen LogP contribution in [0.1, 0.15) is 5.56 Å². The molecular weight excluding hydrogens is 251 g/mol. The number of hydrogen-bond acceptors (Lipinski definition) is 3. The lowest BCUT2D eigenvalue weighted by molar-refractivity contribution is -0.00000273. The van der Waals surface area contributed by atoms with Gasteiger partial charge in [0.05, 0.1) is 6.54 Å². The first kappa shape index (κ1) is 12.7. The van der Waals surface area contributed by atoms with Crippen molar-refractivity contribution in [3.8, 4) is 0 Å². The van der Waals surface area contributed by atoms with Gasteiger partial charge in [-0.25, -0.2) is 0 Å². The van der Waals surface area contributed by atoms with E-state index in [1.165, 1.54) is 0 Å². The van der Waals surface area contributed by atoms with Crippen LogP contribution >= 0.6 is 23.4 Å². The van der Waals surface area contributed by atoms with E-state index in [0.29, 0.717) is 0 Å². The third-order valence-corrected chi connectivity index (χ3v) is 3.34. The molecule has 5 heteroatoms. The molecule has 2 nitrogen and oxygen atoms in total. The first-order valence-electron chi connectivity index (χ1n) is 4.51. The first-order valence-corrected chi connectivity index (χ1v) is 5.87. The van der Waals surface area contributed by atoms with Crippen LogP contribution in [0.4, 0.5) is 0 Å². The van der Waals surface area contributed by atoms with Crippen molar-refractivity contribution >= 4 is 28.5 Å². The summed E-state index contributed by atoms with van der Waals surface area (Å²) in [5.41, 5.74) is 1.16. The number of benzene rings is 1. The Morgan fingerprint density at radius 1 is 1.40 bits per heavy atom. The number of nitrogens with one attached hydrogen (secondary N) is 1. The maximum Gasteiger partial charge on any atom is 0.157 e. The van der Waals surface area contributed by atoms with Crippen LogP contribution in [0.3, 0.4) is 0 Å². The summed E-state index contributed by atoms with van der Waals surface area (Å²) in [6.07, 6.45) is 0. The molecule has 0 bridgehead atoms. The molecule has 0 unspecified atom stereocenters. The van der Waals surface area contributed by atoms with Crippen LogP contribution in [0.5, 0.6) is 0 Å². The summed E-state index contributed by atoms with van der Waals surface area (Å²) < 4.78 is 0. The molecule has 0 aliphatic carbocycles. The minimum absolute atomic E-state index is 0. The highest BCUT2D eigenvalue weighted by Gasteiger charge is 2.06. The molecule has 1 heterocycles. The van der Waals surface area contributed by atoms with Crippen molar-refractivity contribution in [3.63, 3.8) is 0 Å². The zero-order valence-electron chi connectivity index (χ0n) is 8.04. The molecule has 0 radical (unpaired) electrons. The highest BCUT2D eigenvalue weighted by Crippen LogP contribution is 2.21. The van der Waals surface area contributed by atoms with Crippen molar-refractivity contribution < 1.29 is 12.4 Å².